The van der Waals surface area contributed by atoms with Gasteiger partial charge in [0.2, 0.25) is 5.96 Å². The van der Waals surface area contributed by atoms with Crippen LogP contribution in [0.5, 0.6) is 0 Å². The van der Waals surface area contributed by atoms with Gasteiger partial charge in [-0.15, -0.1) is 0 Å². The summed E-state index contributed by atoms with van der Waals surface area (Å²) in [5.74, 6) is 0.536. The molecular formula is C34H59N3O4Si. The van der Waals surface area contributed by atoms with E-state index in [4.69, 9.17) is 14.2 Å². The number of alkyl carbamates (subject to hydrolysis) is 1. The van der Waals surface area contributed by atoms with Crippen LogP contribution in [0.2, 0.25) is 18.1 Å². The molecule has 7 nitrogen and oxygen atoms in total. The molecule has 0 spiro atoms. The number of nitrogens with zero attached hydrogens (tertiary/aromatic N) is 2. The van der Waals surface area contributed by atoms with Crippen molar-refractivity contribution in [1.29, 1.82) is 0 Å². The van der Waals surface area contributed by atoms with Crippen LogP contribution in [0.4, 0.5) is 4.79 Å². The van der Waals surface area contributed by atoms with Gasteiger partial charge < -0.3 is 19.2 Å². The van der Waals surface area contributed by atoms with E-state index in [1.54, 1.807) is 0 Å². The van der Waals surface area contributed by atoms with Crippen LogP contribution in [0.15, 0.2) is 35.3 Å². The summed E-state index contributed by atoms with van der Waals surface area (Å²) in [5.41, 5.74) is 0.948. The lowest BCUT2D eigenvalue weighted by Gasteiger charge is -2.43. The van der Waals surface area contributed by atoms with Crippen LogP contribution >= 0.6 is 0 Å². The minimum absolute atomic E-state index is 0.0486. The van der Waals surface area contributed by atoms with Gasteiger partial charge in [-0.2, -0.15) is 0 Å². The molecule has 2 N–H and O–H groups in total. The van der Waals surface area contributed by atoms with E-state index >= 15 is 0 Å². The van der Waals surface area contributed by atoms with E-state index in [0.29, 0.717) is 18.6 Å². The van der Waals surface area contributed by atoms with Crippen molar-refractivity contribution in [3.8, 4) is 0 Å². The number of aliphatic hydroxyl groups is 1. The zero-order chi connectivity index (χ0) is 30.8. The number of ether oxygens (including phenoxy) is 1. The number of carbonyl (C=O) groups excluding carboxylic acids is 1. The third kappa shape index (κ3) is 10.1. The quantitative estimate of drug-likeness (QED) is 0.157. The first-order valence-electron chi connectivity index (χ1n) is 16.6. The summed E-state index contributed by atoms with van der Waals surface area (Å²) in [6, 6.07) is 10.3. The molecule has 2 heterocycles. The van der Waals surface area contributed by atoms with Crippen LogP contribution < -0.4 is 5.32 Å². The monoisotopic (exact) mass is 601 g/mol. The number of fused-ring (bicyclic) bond motifs is 1. The lowest BCUT2D eigenvalue weighted by atomic mass is 9.93. The van der Waals surface area contributed by atoms with Crippen molar-refractivity contribution in [1.82, 2.24) is 10.2 Å². The van der Waals surface area contributed by atoms with Gasteiger partial charge in [0.05, 0.1) is 12.1 Å². The first kappa shape index (κ1) is 34.6. The Morgan fingerprint density at radius 2 is 1.76 bits per heavy atom. The number of aliphatic hydroxyl groups excluding tert-OH is 1. The first-order chi connectivity index (χ1) is 19.9. The fraction of sp³-hybridized carbons (Fsp3) is 0.765. The Hall–Kier alpha value is -1.90. The summed E-state index contributed by atoms with van der Waals surface area (Å²) in [4.78, 5) is 20.4. The maximum absolute atomic E-state index is 13.0. The summed E-state index contributed by atoms with van der Waals surface area (Å²) in [5, 5.41) is 14.1. The van der Waals surface area contributed by atoms with Crippen LogP contribution in [-0.2, 0) is 15.8 Å². The molecular weight excluding hydrogens is 542 g/mol. The van der Waals surface area contributed by atoms with Crippen LogP contribution in [0.3, 0.4) is 0 Å². The van der Waals surface area contributed by atoms with Crippen molar-refractivity contribution in [2.75, 3.05) is 6.61 Å². The third-order valence-corrected chi connectivity index (χ3v) is 14.3. The number of benzene rings is 1. The SMILES string of the molecule is CCCCCCCCC[C@@H]1C[C@@H]2CC[C@@H]([C@@H](CO[Si](C)(C)C(C)(C)C)[C@H](C)O)N2C(NC(=O)OCc2ccccc2)=N1. The fourth-order valence-corrected chi connectivity index (χ4v) is 7.10. The van der Waals surface area contributed by atoms with Crippen molar-refractivity contribution in [3.63, 3.8) is 0 Å². The van der Waals surface area contributed by atoms with Crippen molar-refractivity contribution >= 4 is 20.4 Å². The summed E-state index contributed by atoms with van der Waals surface area (Å²) in [6.45, 7) is 16.1. The van der Waals surface area contributed by atoms with Gasteiger partial charge in [0.15, 0.2) is 8.32 Å². The highest BCUT2D eigenvalue weighted by atomic mass is 28.4. The number of amides is 1. The summed E-state index contributed by atoms with van der Waals surface area (Å²) in [7, 11) is -1.98. The second-order valence-electron chi connectivity index (χ2n) is 14.1. The van der Waals surface area contributed by atoms with E-state index in [9.17, 15) is 9.90 Å². The highest BCUT2D eigenvalue weighted by Crippen LogP contribution is 2.40. The standard InChI is InChI=1S/C34H59N3O4Si/c1-8-9-10-11-12-13-17-20-28-23-29-21-22-31(30(26(2)38)25-41-42(6,7)34(3,4)5)37(29)32(35-28)36-33(39)40-24-27-18-15-14-16-19-27/h14-16,18-19,26,28-31,38H,8-13,17,20-25H2,1-7H3,(H,35,36,39)/t26-,28+,29-,30-,31-/m0/s1. The number of guanidine groups is 1. The molecule has 3 rings (SSSR count). The molecule has 0 aromatic heterocycles. The Bertz CT molecular complexity index is 979. The largest absolute Gasteiger partial charge is 0.444 e. The maximum Gasteiger partial charge on any atom is 0.414 e. The Balaban J connectivity index is 1.72. The molecule has 2 aliphatic rings. The summed E-state index contributed by atoms with van der Waals surface area (Å²) < 4.78 is 12.2. The first-order valence-corrected chi connectivity index (χ1v) is 19.5. The zero-order valence-electron chi connectivity index (χ0n) is 27.5. The van der Waals surface area contributed by atoms with Crippen molar-refractivity contribution < 1.29 is 19.1 Å². The van der Waals surface area contributed by atoms with Gasteiger partial charge in [-0.25, -0.2) is 9.79 Å². The molecule has 0 saturated carbocycles. The molecule has 0 radical (unpaired) electrons. The minimum atomic E-state index is -1.98. The number of hydrogen-bond donors (Lipinski definition) is 2. The second-order valence-corrected chi connectivity index (χ2v) is 18.9. The minimum Gasteiger partial charge on any atom is -0.444 e. The normalized spacial score (nSPS) is 22.3. The van der Waals surface area contributed by atoms with E-state index in [2.05, 4.69) is 51.0 Å². The Morgan fingerprint density at radius 1 is 1.10 bits per heavy atom. The van der Waals surface area contributed by atoms with E-state index < -0.39 is 20.5 Å². The molecule has 0 unspecified atom stereocenters. The molecule has 2 aliphatic heterocycles. The predicted molar refractivity (Wildman–Crippen MR) is 175 cm³/mol. The zero-order valence-corrected chi connectivity index (χ0v) is 28.5. The van der Waals surface area contributed by atoms with Crippen LogP contribution in [0.25, 0.3) is 0 Å². The van der Waals surface area contributed by atoms with E-state index in [1.165, 1.54) is 44.9 Å². The molecule has 8 heteroatoms. The Kier molecular flexibility index (Phi) is 13.4. The van der Waals surface area contributed by atoms with Gasteiger partial charge >= 0.3 is 6.09 Å². The van der Waals surface area contributed by atoms with Crippen LogP contribution in [0.1, 0.15) is 111 Å². The molecule has 1 saturated heterocycles. The van der Waals surface area contributed by atoms with Gasteiger partial charge in [0, 0.05) is 24.6 Å². The highest BCUT2D eigenvalue weighted by Gasteiger charge is 2.46. The van der Waals surface area contributed by atoms with Gasteiger partial charge in [-0.05, 0) is 56.3 Å². The van der Waals surface area contributed by atoms with Gasteiger partial charge in [0.1, 0.15) is 6.61 Å². The van der Waals surface area contributed by atoms with E-state index in [-0.39, 0.29) is 29.6 Å². The predicted octanol–water partition coefficient (Wildman–Crippen LogP) is 8.03. The summed E-state index contributed by atoms with van der Waals surface area (Å²) in [6.07, 6.45) is 11.9. The third-order valence-electron chi connectivity index (χ3n) is 9.76. The van der Waals surface area contributed by atoms with E-state index in [0.717, 1.165) is 31.2 Å². The molecule has 5 atom stereocenters. The Morgan fingerprint density at radius 3 is 2.40 bits per heavy atom. The topological polar surface area (TPSA) is 83.4 Å². The van der Waals surface area contributed by atoms with Crippen molar-refractivity contribution in [2.24, 2.45) is 10.9 Å². The second kappa shape index (κ2) is 16.2. The molecule has 238 valence electrons. The van der Waals surface area contributed by atoms with Crippen LogP contribution in [0, 0.1) is 5.92 Å². The number of unbranched alkanes of at least 4 members (excludes halogenated alkanes) is 6. The molecule has 42 heavy (non-hydrogen) atoms. The smallest absolute Gasteiger partial charge is 0.414 e. The average Bonchev–Trinajstić information content (AvgIpc) is 3.35. The van der Waals surface area contributed by atoms with Crippen LogP contribution in [-0.4, -0.2) is 61.2 Å². The molecule has 0 aliphatic carbocycles. The van der Waals surface area contributed by atoms with Gasteiger partial charge in [0.25, 0.3) is 0 Å². The average molecular weight is 602 g/mol. The molecule has 1 amide bonds. The molecule has 0 bridgehead atoms. The highest BCUT2D eigenvalue weighted by molar-refractivity contribution is 6.74. The van der Waals surface area contributed by atoms with E-state index in [1.807, 2.05) is 37.3 Å². The molecule has 1 aromatic carbocycles. The Labute approximate surface area is 257 Å². The fourth-order valence-electron chi connectivity index (χ4n) is 6.06. The lowest BCUT2D eigenvalue weighted by Crippen LogP contribution is -2.57. The van der Waals surface area contributed by atoms with Crippen molar-refractivity contribution in [3.05, 3.63) is 35.9 Å². The number of nitrogens with one attached hydrogen (secondary N) is 1. The number of carbonyl (C=O) groups is 1. The molecule has 1 fully saturated rings. The van der Waals surface area contributed by atoms with Crippen molar-refractivity contribution in [2.45, 2.75) is 154 Å². The maximum atomic E-state index is 13.0. The summed E-state index contributed by atoms with van der Waals surface area (Å²) >= 11 is 0. The van der Waals surface area contributed by atoms with Gasteiger partial charge in [-0.3, -0.25) is 5.32 Å². The number of hydrogen-bond acceptors (Lipinski definition) is 6. The number of rotatable bonds is 15. The van der Waals surface area contributed by atoms with Gasteiger partial charge in [-0.1, -0.05) is 103 Å². The lowest BCUT2D eigenvalue weighted by molar-refractivity contribution is 0.0391. The number of aliphatic imine (C=N–C) groups is 1. The molecule has 1 aromatic rings.